The lowest BCUT2D eigenvalue weighted by Gasteiger charge is -2.31. The van der Waals surface area contributed by atoms with E-state index in [1.807, 2.05) is 24.3 Å². The molecule has 0 atom stereocenters. The van der Waals surface area contributed by atoms with Crippen LogP contribution in [0.25, 0.3) is 11.4 Å². The van der Waals surface area contributed by atoms with Crippen LogP contribution >= 0.6 is 0 Å². The SMILES string of the molecule is Cc1nc(-c2ccc(C)c(S(=O)(=O)N3CCC(C(=O)Nc4ccc(C(C)C)cc4)CC3)c2)no1. The molecule has 9 heteroatoms. The maximum absolute atomic E-state index is 13.4. The molecule has 1 aliphatic rings. The normalized spacial score (nSPS) is 15.6. The zero-order valence-electron chi connectivity index (χ0n) is 19.9. The van der Waals surface area contributed by atoms with E-state index in [4.69, 9.17) is 4.52 Å². The van der Waals surface area contributed by atoms with Crippen molar-refractivity contribution in [2.75, 3.05) is 18.4 Å². The number of hydrogen-bond acceptors (Lipinski definition) is 6. The quantitative estimate of drug-likeness (QED) is 0.554. The van der Waals surface area contributed by atoms with Crippen LogP contribution < -0.4 is 5.32 Å². The number of aromatic nitrogens is 2. The summed E-state index contributed by atoms with van der Waals surface area (Å²) in [5, 5.41) is 6.86. The van der Waals surface area contributed by atoms with Crippen molar-refractivity contribution in [3.8, 4) is 11.4 Å². The van der Waals surface area contributed by atoms with E-state index in [1.54, 1.807) is 32.0 Å². The lowest BCUT2D eigenvalue weighted by molar-refractivity contribution is -0.120. The Labute approximate surface area is 200 Å². The van der Waals surface area contributed by atoms with E-state index in [2.05, 4.69) is 29.3 Å². The van der Waals surface area contributed by atoms with Crippen molar-refractivity contribution in [2.45, 2.75) is 51.3 Å². The van der Waals surface area contributed by atoms with Gasteiger partial charge in [0.1, 0.15) is 0 Å². The fourth-order valence-corrected chi connectivity index (χ4v) is 5.85. The number of anilines is 1. The Morgan fingerprint density at radius 3 is 2.35 bits per heavy atom. The number of nitrogens with one attached hydrogen (secondary N) is 1. The second-order valence-electron chi connectivity index (χ2n) is 9.06. The van der Waals surface area contributed by atoms with Crippen LogP contribution in [-0.2, 0) is 14.8 Å². The molecule has 1 amide bonds. The van der Waals surface area contributed by atoms with E-state index in [1.165, 1.54) is 9.87 Å². The van der Waals surface area contributed by atoms with Gasteiger partial charge >= 0.3 is 0 Å². The summed E-state index contributed by atoms with van der Waals surface area (Å²) >= 11 is 0. The summed E-state index contributed by atoms with van der Waals surface area (Å²) in [5.74, 6) is 0.893. The van der Waals surface area contributed by atoms with Gasteiger partial charge in [-0.05, 0) is 55.0 Å². The molecule has 0 bridgehead atoms. The summed E-state index contributed by atoms with van der Waals surface area (Å²) < 4.78 is 33.3. The molecule has 1 aliphatic heterocycles. The second kappa shape index (κ2) is 9.68. The number of benzene rings is 2. The molecular formula is C25H30N4O4S. The van der Waals surface area contributed by atoms with Gasteiger partial charge in [0.15, 0.2) is 0 Å². The van der Waals surface area contributed by atoms with Crippen LogP contribution in [0.1, 0.15) is 49.6 Å². The third kappa shape index (κ3) is 5.05. The molecule has 180 valence electrons. The van der Waals surface area contributed by atoms with Crippen LogP contribution in [0.3, 0.4) is 0 Å². The van der Waals surface area contributed by atoms with Crippen molar-refractivity contribution in [2.24, 2.45) is 5.92 Å². The van der Waals surface area contributed by atoms with Crippen molar-refractivity contribution in [3.63, 3.8) is 0 Å². The number of sulfonamides is 1. The summed E-state index contributed by atoms with van der Waals surface area (Å²) in [4.78, 5) is 17.2. The molecule has 0 radical (unpaired) electrons. The van der Waals surface area contributed by atoms with Gasteiger partial charge in [0.05, 0.1) is 4.90 Å². The van der Waals surface area contributed by atoms with Gasteiger partial charge in [-0.1, -0.05) is 43.3 Å². The Kier molecular flexibility index (Phi) is 6.86. The molecule has 1 N–H and O–H groups in total. The van der Waals surface area contributed by atoms with Crippen LogP contribution in [0.4, 0.5) is 5.69 Å². The Hall–Kier alpha value is -3.04. The Morgan fingerprint density at radius 1 is 1.09 bits per heavy atom. The number of nitrogens with zero attached hydrogens (tertiary/aromatic N) is 3. The maximum Gasteiger partial charge on any atom is 0.243 e. The van der Waals surface area contributed by atoms with Gasteiger partial charge in [0.25, 0.3) is 0 Å². The monoisotopic (exact) mass is 482 g/mol. The molecule has 3 aromatic rings. The smallest absolute Gasteiger partial charge is 0.243 e. The molecule has 0 unspecified atom stereocenters. The summed E-state index contributed by atoms with van der Waals surface area (Å²) in [6.45, 7) is 8.28. The van der Waals surface area contributed by atoms with Crippen LogP contribution in [0, 0.1) is 19.8 Å². The number of amides is 1. The largest absolute Gasteiger partial charge is 0.339 e. The molecule has 0 spiro atoms. The van der Waals surface area contributed by atoms with Crippen LogP contribution in [0.15, 0.2) is 51.9 Å². The Morgan fingerprint density at radius 2 is 1.76 bits per heavy atom. The van der Waals surface area contributed by atoms with E-state index >= 15 is 0 Å². The predicted molar refractivity (Wildman–Crippen MR) is 130 cm³/mol. The standard InChI is InChI=1S/C25H30N4O4S/c1-16(2)19-7-9-22(10-8-19)27-25(30)20-11-13-29(14-12-20)34(31,32)23-15-21(6-5-17(23)3)24-26-18(4)33-28-24/h5-10,15-16,20H,11-14H2,1-4H3,(H,27,30). The van der Waals surface area contributed by atoms with E-state index < -0.39 is 10.0 Å². The first-order valence-corrected chi connectivity index (χ1v) is 12.9. The molecule has 2 aromatic carbocycles. The summed E-state index contributed by atoms with van der Waals surface area (Å²) in [6, 6.07) is 13.0. The highest BCUT2D eigenvalue weighted by molar-refractivity contribution is 7.89. The molecule has 4 rings (SSSR count). The first kappa shape index (κ1) is 24.1. The molecule has 34 heavy (non-hydrogen) atoms. The fourth-order valence-electron chi connectivity index (χ4n) is 4.13. The zero-order chi connectivity index (χ0) is 24.5. The van der Waals surface area contributed by atoms with E-state index in [0.717, 1.165) is 5.69 Å². The minimum Gasteiger partial charge on any atom is -0.339 e. The van der Waals surface area contributed by atoms with E-state index in [9.17, 15) is 13.2 Å². The molecule has 1 fully saturated rings. The van der Waals surface area contributed by atoms with Crippen molar-refractivity contribution in [3.05, 3.63) is 59.5 Å². The van der Waals surface area contributed by atoms with Gasteiger partial charge in [0.2, 0.25) is 27.6 Å². The molecule has 1 saturated heterocycles. The number of hydrogen-bond donors (Lipinski definition) is 1. The average molecular weight is 483 g/mol. The molecule has 2 heterocycles. The number of carbonyl (C=O) groups excluding carboxylic acids is 1. The predicted octanol–water partition coefficient (Wildman–Crippen LogP) is 4.52. The van der Waals surface area contributed by atoms with Crippen molar-refractivity contribution in [1.82, 2.24) is 14.4 Å². The van der Waals surface area contributed by atoms with Gasteiger partial charge in [-0.15, -0.1) is 0 Å². The zero-order valence-corrected chi connectivity index (χ0v) is 20.7. The summed E-state index contributed by atoms with van der Waals surface area (Å²) in [5.41, 5.74) is 3.20. The first-order chi connectivity index (χ1) is 16.1. The van der Waals surface area contributed by atoms with Crippen LogP contribution in [0.2, 0.25) is 0 Å². The summed E-state index contributed by atoms with van der Waals surface area (Å²) in [7, 11) is -3.72. The van der Waals surface area contributed by atoms with Gasteiger partial charge in [-0.3, -0.25) is 4.79 Å². The minimum absolute atomic E-state index is 0.0694. The first-order valence-electron chi connectivity index (χ1n) is 11.5. The highest BCUT2D eigenvalue weighted by Crippen LogP contribution is 2.29. The molecule has 0 aliphatic carbocycles. The van der Waals surface area contributed by atoms with E-state index in [0.29, 0.717) is 41.6 Å². The minimum atomic E-state index is -3.72. The average Bonchev–Trinajstić information content (AvgIpc) is 3.26. The van der Waals surface area contributed by atoms with Crippen molar-refractivity contribution in [1.29, 1.82) is 0 Å². The lowest BCUT2D eigenvalue weighted by Crippen LogP contribution is -2.41. The molecule has 0 saturated carbocycles. The maximum atomic E-state index is 13.4. The highest BCUT2D eigenvalue weighted by Gasteiger charge is 2.33. The number of aryl methyl sites for hydroxylation is 2. The van der Waals surface area contributed by atoms with Crippen molar-refractivity contribution < 1.29 is 17.7 Å². The highest BCUT2D eigenvalue weighted by atomic mass is 32.2. The molecular weight excluding hydrogens is 452 g/mol. The van der Waals surface area contributed by atoms with Gasteiger partial charge in [0, 0.05) is 37.2 Å². The Balaban J connectivity index is 1.43. The third-order valence-electron chi connectivity index (χ3n) is 6.26. The topological polar surface area (TPSA) is 105 Å². The van der Waals surface area contributed by atoms with Crippen molar-refractivity contribution >= 4 is 21.6 Å². The molecule has 1 aromatic heterocycles. The number of piperidine rings is 1. The third-order valence-corrected chi connectivity index (χ3v) is 8.30. The second-order valence-corrected chi connectivity index (χ2v) is 11.0. The van der Waals surface area contributed by atoms with Crippen LogP contribution in [0.5, 0.6) is 0 Å². The van der Waals surface area contributed by atoms with Crippen LogP contribution in [-0.4, -0.2) is 41.9 Å². The summed E-state index contributed by atoms with van der Waals surface area (Å²) in [6.07, 6.45) is 0.940. The fraction of sp³-hybridized carbons (Fsp3) is 0.400. The van der Waals surface area contributed by atoms with Gasteiger partial charge < -0.3 is 9.84 Å². The Bertz CT molecular complexity index is 1270. The number of carbonyl (C=O) groups is 1. The van der Waals surface area contributed by atoms with E-state index in [-0.39, 0.29) is 29.8 Å². The lowest BCUT2D eigenvalue weighted by atomic mass is 9.97. The molecule has 8 nitrogen and oxygen atoms in total. The number of rotatable bonds is 6. The van der Waals surface area contributed by atoms with Gasteiger partial charge in [-0.25, -0.2) is 8.42 Å². The van der Waals surface area contributed by atoms with Gasteiger partial charge in [-0.2, -0.15) is 9.29 Å².